The Morgan fingerprint density at radius 1 is 1.05 bits per heavy atom. The third-order valence-corrected chi connectivity index (χ3v) is 3.29. The van der Waals surface area contributed by atoms with Gasteiger partial charge in [-0.05, 0) is 29.1 Å². The van der Waals surface area contributed by atoms with Crippen LogP contribution in [0.15, 0.2) is 60.9 Å². The second-order valence-corrected chi connectivity index (χ2v) is 4.52. The summed E-state index contributed by atoms with van der Waals surface area (Å²) in [6.45, 7) is 0.623. The highest BCUT2D eigenvalue weighted by atomic mass is 14.9. The average molecular weight is 259 g/mol. The molecule has 0 radical (unpaired) electrons. The van der Waals surface area contributed by atoms with E-state index in [1.807, 2.05) is 48.7 Å². The number of benzene rings is 2. The van der Waals surface area contributed by atoms with Crippen LogP contribution in [-0.2, 0) is 6.54 Å². The second kappa shape index (κ2) is 5.41. The average Bonchev–Trinajstić information content (AvgIpc) is 2.53. The van der Waals surface area contributed by atoms with Crippen molar-refractivity contribution in [2.24, 2.45) is 0 Å². The number of nitriles is 1. The standard InChI is InChI=1S/C17H13N3/c18-10-14-4-1-2-5-15(14)11-20-17-7-3-6-13-8-9-19-12-16(13)17/h1-9,12,20H,11H2. The van der Waals surface area contributed by atoms with Gasteiger partial charge in [-0.3, -0.25) is 4.98 Å². The van der Waals surface area contributed by atoms with Crippen LogP contribution >= 0.6 is 0 Å². The molecule has 1 heterocycles. The van der Waals surface area contributed by atoms with E-state index in [4.69, 9.17) is 5.26 Å². The van der Waals surface area contributed by atoms with Gasteiger partial charge in [0.2, 0.25) is 0 Å². The molecule has 2 aromatic carbocycles. The van der Waals surface area contributed by atoms with Gasteiger partial charge in [0.25, 0.3) is 0 Å². The van der Waals surface area contributed by atoms with Crippen LogP contribution in [-0.4, -0.2) is 4.98 Å². The van der Waals surface area contributed by atoms with Gasteiger partial charge in [-0.2, -0.15) is 5.26 Å². The number of pyridine rings is 1. The number of nitrogens with zero attached hydrogens (tertiary/aromatic N) is 2. The Labute approximate surface area is 117 Å². The number of anilines is 1. The Kier molecular flexibility index (Phi) is 3.30. The number of hydrogen-bond donors (Lipinski definition) is 1. The molecule has 0 spiro atoms. The minimum absolute atomic E-state index is 0.623. The molecule has 0 atom stereocenters. The third-order valence-electron chi connectivity index (χ3n) is 3.29. The van der Waals surface area contributed by atoms with Gasteiger partial charge in [0.05, 0.1) is 11.6 Å². The molecule has 0 saturated carbocycles. The lowest BCUT2D eigenvalue weighted by Crippen LogP contribution is -2.02. The molecule has 0 aliphatic rings. The lowest BCUT2D eigenvalue weighted by atomic mass is 10.1. The van der Waals surface area contributed by atoms with Crippen LogP contribution < -0.4 is 5.32 Å². The fourth-order valence-electron chi connectivity index (χ4n) is 2.24. The highest BCUT2D eigenvalue weighted by molar-refractivity contribution is 5.93. The largest absolute Gasteiger partial charge is 0.380 e. The van der Waals surface area contributed by atoms with Crippen molar-refractivity contribution in [3.63, 3.8) is 0 Å². The molecule has 96 valence electrons. The summed E-state index contributed by atoms with van der Waals surface area (Å²) >= 11 is 0. The van der Waals surface area contributed by atoms with Crippen LogP contribution in [0.3, 0.4) is 0 Å². The second-order valence-electron chi connectivity index (χ2n) is 4.52. The number of fused-ring (bicyclic) bond motifs is 1. The molecular weight excluding hydrogens is 246 g/mol. The van der Waals surface area contributed by atoms with Crippen molar-refractivity contribution >= 4 is 16.5 Å². The van der Waals surface area contributed by atoms with Crippen molar-refractivity contribution in [2.45, 2.75) is 6.54 Å². The van der Waals surface area contributed by atoms with Gasteiger partial charge in [-0.1, -0.05) is 30.3 Å². The zero-order valence-electron chi connectivity index (χ0n) is 10.9. The molecule has 1 aromatic heterocycles. The molecule has 20 heavy (non-hydrogen) atoms. The third kappa shape index (κ3) is 2.32. The van der Waals surface area contributed by atoms with Crippen LogP contribution in [0.1, 0.15) is 11.1 Å². The Bertz CT molecular complexity index is 782. The molecule has 0 fully saturated rings. The van der Waals surface area contributed by atoms with Crippen LogP contribution in [0.5, 0.6) is 0 Å². The van der Waals surface area contributed by atoms with E-state index in [1.54, 1.807) is 6.20 Å². The summed E-state index contributed by atoms with van der Waals surface area (Å²) in [5.74, 6) is 0. The highest BCUT2D eigenvalue weighted by Gasteiger charge is 2.03. The van der Waals surface area contributed by atoms with Gasteiger partial charge in [0, 0.05) is 30.0 Å². The number of nitrogens with one attached hydrogen (secondary N) is 1. The van der Waals surface area contributed by atoms with Crippen molar-refractivity contribution in [1.29, 1.82) is 5.26 Å². The van der Waals surface area contributed by atoms with E-state index >= 15 is 0 Å². The molecule has 0 amide bonds. The summed E-state index contributed by atoms with van der Waals surface area (Å²) in [5, 5.41) is 14.7. The molecule has 3 heteroatoms. The van der Waals surface area contributed by atoms with Gasteiger partial charge in [0.1, 0.15) is 0 Å². The summed E-state index contributed by atoms with van der Waals surface area (Å²) in [5.41, 5.74) is 2.73. The van der Waals surface area contributed by atoms with Gasteiger partial charge in [0.15, 0.2) is 0 Å². The summed E-state index contributed by atoms with van der Waals surface area (Å²) in [7, 11) is 0. The maximum Gasteiger partial charge on any atom is 0.0995 e. The van der Waals surface area contributed by atoms with Crippen molar-refractivity contribution in [2.75, 3.05) is 5.32 Å². The lowest BCUT2D eigenvalue weighted by molar-refractivity contribution is 1.14. The molecule has 0 aliphatic carbocycles. The van der Waals surface area contributed by atoms with E-state index in [9.17, 15) is 0 Å². The molecular formula is C17H13N3. The predicted molar refractivity (Wildman–Crippen MR) is 80.2 cm³/mol. The maximum absolute atomic E-state index is 9.10. The summed E-state index contributed by atoms with van der Waals surface area (Å²) in [6, 6.07) is 17.9. The molecule has 0 bridgehead atoms. The molecule has 0 saturated heterocycles. The summed E-state index contributed by atoms with van der Waals surface area (Å²) in [6.07, 6.45) is 3.64. The van der Waals surface area contributed by atoms with Crippen LogP contribution in [0.2, 0.25) is 0 Å². The Hall–Kier alpha value is -2.86. The Morgan fingerprint density at radius 2 is 1.95 bits per heavy atom. The van der Waals surface area contributed by atoms with Gasteiger partial charge >= 0.3 is 0 Å². The Balaban J connectivity index is 1.89. The van der Waals surface area contributed by atoms with E-state index in [-0.39, 0.29) is 0 Å². The number of aromatic nitrogens is 1. The lowest BCUT2D eigenvalue weighted by Gasteiger charge is -2.10. The number of hydrogen-bond acceptors (Lipinski definition) is 3. The Morgan fingerprint density at radius 3 is 2.85 bits per heavy atom. The number of rotatable bonds is 3. The quantitative estimate of drug-likeness (QED) is 0.779. The first kappa shape index (κ1) is 12.2. The highest BCUT2D eigenvalue weighted by Crippen LogP contribution is 2.22. The minimum atomic E-state index is 0.623. The smallest absolute Gasteiger partial charge is 0.0995 e. The van der Waals surface area contributed by atoms with E-state index in [0.717, 1.165) is 22.0 Å². The van der Waals surface area contributed by atoms with Crippen molar-refractivity contribution in [3.05, 3.63) is 72.1 Å². The fourth-order valence-corrected chi connectivity index (χ4v) is 2.24. The maximum atomic E-state index is 9.10. The first-order valence-corrected chi connectivity index (χ1v) is 6.43. The zero-order valence-corrected chi connectivity index (χ0v) is 10.9. The van der Waals surface area contributed by atoms with Crippen molar-refractivity contribution in [3.8, 4) is 6.07 Å². The summed E-state index contributed by atoms with van der Waals surface area (Å²) in [4.78, 5) is 4.17. The first-order valence-electron chi connectivity index (χ1n) is 6.43. The van der Waals surface area contributed by atoms with E-state index in [1.165, 1.54) is 0 Å². The molecule has 3 nitrogen and oxygen atoms in total. The first-order chi connectivity index (χ1) is 9.88. The van der Waals surface area contributed by atoms with Crippen molar-refractivity contribution < 1.29 is 0 Å². The van der Waals surface area contributed by atoms with E-state index < -0.39 is 0 Å². The van der Waals surface area contributed by atoms with Gasteiger partial charge in [-0.15, -0.1) is 0 Å². The topological polar surface area (TPSA) is 48.7 Å². The van der Waals surface area contributed by atoms with Crippen LogP contribution in [0.4, 0.5) is 5.69 Å². The van der Waals surface area contributed by atoms with E-state index in [0.29, 0.717) is 12.1 Å². The minimum Gasteiger partial charge on any atom is -0.380 e. The molecule has 3 aromatic rings. The van der Waals surface area contributed by atoms with Crippen LogP contribution in [0, 0.1) is 11.3 Å². The molecule has 3 rings (SSSR count). The SMILES string of the molecule is N#Cc1ccccc1CNc1cccc2ccncc12. The van der Waals surface area contributed by atoms with Crippen molar-refractivity contribution in [1.82, 2.24) is 4.98 Å². The fraction of sp³-hybridized carbons (Fsp3) is 0.0588. The molecule has 0 unspecified atom stereocenters. The molecule has 0 aliphatic heterocycles. The zero-order chi connectivity index (χ0) is 13.8. The van der Waals surface area contributed by atoms with E-state index in [2.05, 4.69) is 22.4 Å². The van der Waals surface area contributed by atoms with Gasteiger partial charge < -0.3 is 5.32 Å². The molecule has 1 N–H and O–H groups in total. The summed E-state index contributed by atoms with van der Waals surface area (Å²) < 4.78 is 0. The predicted octanol–water partition coefficient (Wildman–Crippen LogP) is 3.72. The normalized spacial score (nSPS) is 10.2. The van der Waals surface area contributed by atoms with Gasteiger partial charge in [-0.25, -0.2) is 0 Å². The van der Waals surface area contributed by atoms with Crippen LogP contribution in [0.25, 0.3) is 10.8 Å². The monoisotopic (exact) mass is 259 g/mol.